The van der Waals surface area contributed by atoms with E-state index in [9.17, 15) is 9.59 Å². The highest BCUT2D eigenvalue weighted by atomic mass is 16.4. The van der Waals surface area contributed by atoms with E-state index in [1.807, 2.05) is 6.07 Å². The molecule has 3 heteroatoms. The van der Waals surface area contributed by atoms with Crippen LogP contribution >= 0.6 is 0 Å². The van der Waals surface area contributed by atoms with Gasteiger partial charge >= 0.3 is 5.97 Å². The summed E-state index contributed by atoms with van der Waals surface area (Å²) in [5, 5.41) is 8.91. The summed E-state index contributed by atoms with van der Waals surface area (Å²) in [6, 6.07) is 8.94. The number of carboxylic acids is 1. The molecule has 16 heavy (non-hydrogen) atoms. The van der Waals surface area contributed by atoms with Crippen molar-refractivity contribution in [3.63, 3.8) is 0 Å². The number of Topliss-reactive ketones (excluding diaryl/α,β-unsaturated/α-hetero) is 1. The summed E-state index contributed by atoms with van der Waals surface area (Å²) in [6.07, 6.45) is 0.624. The van der Waals surface area contributed by atoms with Gasteiger partial charge in [-0.15, -0.1) is 0 Å². The minimum absolute atomic E-state index is 0.00470. The van der Waals surface area contributed by atoms with Crippen molar-refractivity contribution in [1.82, 2.24) is 0 Å². The van der Waals surface area contributed by atoms with E-state index >= 15 is 0 Å². The molecule has 0 aromatic heterocycles. The standard InChI is InChI=1S/C13H16O3/c1-13(2,12(15)16)9-8-11(14)10-6-4-3-5-7-10/h3-7H,8-9H2,1-2H3,(H,15,16). The molecule has 0 spiro atoms. The molecule has 1 aromatic carbocycles. The third kappa shape index (κ3) is 3.19. The number of rotatable bonds is 5. The van der Waals surface area contributed by atoms with Gasteiger partial charge in [-0.25, -0.2) is 0 Å². The van der Waals surface area contributed by atoms with E-state index in [2.05, 4.69) is 0 Å². The van der Waals surface area contributed by atoms with Gasteiger partial charge in [-0.05, 0) is 20.3 Å². The molecule has 1 aromatic rings. The SMILES string of the molecule is CC(C)(CCC(=O)c1ccccc1)C(=O)O. The first-order chi connectivity index (χ1) is 7.43. The average Bonchev–Trinajstić information content (AvgIpc) is 2.27. The molecule has 0 saturated carbocycles. The Morgan fingerprint density at radius 1 is 1.19 bits per heavy atom. The first-order valence-corrected chi connectivity index (χ1v) is 5.25. The summed E-state index contributed by atoms with van der Waals surface area (Å²) < 4.78 is 0. The Kier molecular flexibility index (Phi) is 3.82. The molecule has 0 radical (unpaired) electrons. The minimum atomic E-state index is -0.867. The van der Waals surface area contributed by atoms with Gasteiger partial charge in [0, 0.05) is 12.0 Å². The first kappa shape index (κ1) is 12.4. The van der Waals surface area contributed by atoms with Gasteiger partial charge in [-0.1, -0.05) is 30.3 Å². The van der Waals surface area contributed by atoms with Crippen molar-refractivity contribution in [3.05, 3.63) is 35.9 Å². The van der Waals surface area contributed by atoms with Gasteiger partial charge in [0.2, 0.25) is 0 Å². The van der Waals surface area contributed by atoms with Crippen LogP contribution in [-0.4, -0.2) is 16.9 Å². The fourth-order valence-electron chi connectivity index (χ4n) is 1.30. The Balaban J connectivity index is 2.58. The number of carboxylic acid groups (broad SMARTS) is 1. The third-order valence-corrected chi connectivity index (χ3v) is 2.65. The summed E-state index contributed by atoms with van der Waals surface area (Å²) in [4.78, 5) is 22.6. The lowest BCUT2D eigenvalue weighted by Crippen LogP contribution is -2.24. The lowest BCUT2D eigenvalue weighted by molar-refractivity contribution is -0.147. The topological polar surface area (TPSA) is 54.4 Å². The second-order valence-electron chi connectivity index (χ2n) is 4.48. The lowest BCUT2D eigenvalue weighted by Gasteiger charge is -2.17. The van der Waals surface area contributed by atoms with Crippen LogP contribution in [0.5, 0.6) is 0 Å². The number of ketones is 1. The Hall–Kier alpha value is -1.64. The van der Waals surface area contributed by atoms with Gasteiger partial charge in [-0.2, -0.15) is 0 Å². The van der Waals surface area contributed by atoms with E-state index in [4.69, 9.17) is 5.11 Å². The Labute approximate surface area is 95.1 Å². The van der Waals surface area contributed by atoms with Crippen LogP contribution in [0.2, 0.25) is 0 Å². The maximum Gasteiger partial charge on any atom is 0.309 e. The monoisotopic (exact) mass is 220 g/mol. The zero-order chi connectivity index (χ0) is 12.2. The highest BCUT2D eigenvalue weighted by Crippen LogP contribution is 2.23. The Morgan fingerprint density at radius 3 is 2.25 bits per heavy atom. The maximum atomic E-state index is 11.7. The fraction of sp³-hybridized carbons (Fsp3) is 0.385. The molecule has 1 N–H and O–H groups in total. The van der Waals surface area contributed by atoms with Gasteiger partial charge in [0.05, 0.1) is 5.41 Å². The molecule has 0 saturated heterocycles. The minimum Gasteiger partial charge on any atom is -0.481 e. The molecular weight excluding hydrogens is 204 g/mol. The highest BCUT2D eigenvalue weighted by molar-refractivity contribution is 5.96. The van der Waals surface area contributed by atoms with Crippen LogP contribution in [0.4, 0.5) is 0 Å². The van der Waals surface area contributed by atoms with Gasteiger partial charge < -0.3 is 5.11 Å². The van der Waals surface area contributed by atoms with Gasteiger partial charge in [0.1, 0.15) is 0 Å². The molecule has 0 unspecified atom stereocenters. The largest absolute Gasteiger partial charge is 0.481 e. The van der Waals surface area contributed by atoms with E-state index in [1.165, 1.54) is 0 Å². The van der Waals surface area contributed by atoms with Crippen LogP contribution < -0.4 is 0 Å². The van der Waals surface area contributed by atoms with Crippen molar-refractivity contribution < 1.29 is 14.7 Å². The van der Waals surface area contributed by atoms with Crippen molar-refractivity contribution in [2.24, 2.45) is 5.41 Å². The molecular formula is C13H16O3. The predicted molar refractivity (Wildman–Crippen MR) is 61.4 cm³/mol. The van der Waals surface area contributed by atoms with Crippen molar-refractivity contribution in [2.45, 2.75) is 26.7 Å². The number of carbonyl (C=O) groups is 2. The summed E-state index contributed by atoms with van der Waals surface area (Å²) in [7, 11) is 0. The third-order valence-electron chi connectivity index (χ3n) is 2.65. The molecule has 3 nitrogen and oxygen atoms in total. The number of aliphatic carboxylic acids is 1. The van der Waals surface area contributed by atoms with Crippen LogP contribution in [0.3, 0.4) is 0 Å². The van der Waals surface area contributed by atoms with Crippen molar-refractivity contribution >= 4 is 11.8 Å². The highest BCUT2D eigenvalue weighted by Gasteiger charge is 2.27. The van der Waals surface area contributed by atoms with Crippen molar-refractivity contribution in [3.8, 4) is 0 Å². The molecule has 0 amide bonds. The van der Waals surface area contributed by atoms with Gasteiger partial charge in [-0.3, -0.25) is 9.59 Å². The molecule has 0 aliphatic carbocycles. The van der Waals surface area contributed by atoms with E-state index in [1.54, 1.807) is 38.1 Å². The van der Waals surface area contributed by atoms with Gasteiger partial charge in [0.15, 0.2) is 5.78 Å². The molecule has 0 aliphatic rings. The Bertz CT molecular complexity index is 379. The van der Waals surface area contributed by atoms with Crippen LogP contribution in [-0.2, 0) is 4.79 Å². The molecule has 86 valence electrons. The maximum absolute atomic E-state index is 11.7. The van der Waals surface area contributed by atoms with Crippen LogP contribution in [0.1, 0.15) is 37.0 Å². The quantitative estimate of drug-likeness (QED) is 0.776. The Morgan fingerprint density at radius 2 is 1.75 bits per heavy atom. The number of hydrogen-bond donors (Lipinski definition) is 1. The van der Waals surface area contributed by atoms with E-state index in [-0.39, 0.29) is 12.2 Å². The summed E-state index contributed by atoms with van der Waals surface area (Å²) in [5.41, 5.74) is -0.201. The number of benzene rings is 1. The number of carbonyl (C=O) groups excluding carboxylic acids is 1. The average molecular weight is 220 g/mol. The molecule has 0 heterocycles. The van der Waals surface area contributed by atoms with Gasteiger partial charge in [0.25, 0.3) is 0 Å². The van der Waals surface area contributed by atoms with Crippen LogP contribution in [0.25, 0.3) is 0 Å². The van der Waals surface area contributed by atoms with E-state index < -0.39 is 11.4 Å². The number of hydrogen-bond acceptors (Lipinski definition) is 2. The predicted octanol–water partition coefficient (Wildman–Crippen LogP) is 2.76. The van der Waals surface area contributed by atoms with E-state index in [0.29, 0.717) is 12.0 Å². The van der Waals surface area contributed by atoms with Crippen LogP contribution in [0.15, 0.2) is 30.3 Å². The zero-order valence-electron chi connectivity index (χ0n) is 9.56. The summed E-state index contributed by atoms with van der Waals surface area (Å²) >= 11 is 0. The molecule has 1 rings (SSSR count). The molecule has 0 bridgehead atoms. The second kappa shape index (κ2) is 4.92. The zero-order valence-corrected chi connectivity index (χ0v) is 9.56. The van der Waals surface area contributed by atoms with E-state index in [0.717, 1.165) is 0 Å². The first-order valence-electron chi connectivity index (χ1n) is 5.25. The smallest absolute Gasteiger partial charge is 0.309 e. The molecule has 0 atom stereocenters. The normalized spacial score (nSPS) is 11.1. The fourth-order valence-corrected chi connectivity index (χ4v) is 1.30. The van der Waals surface area contributed by atoms with Crippen LogP contribution in [0, 0.1) is 5.41 Å². The second-order valence-corrected chi connectivity index (χ2v) is 4.48. The summed E-state index contributed by atoms with van der Waals surface area (Å²) in [5.74, 6) is -0.872. The lowest BCUT2D eigenvalue weighted by atomic mass is 9.86. The summed E-state index contributed by atoms with van der Waals surface area (Å²) in [6.45, 7) is 3.27. The van der Waals surface area contributed by atoms with Crippen molar-refractivity contribution in [1.29, 1.82) is 0 Å². The molecule has 0 aliphatic heterocycles. The van der Waals surface area contributed by atoms with Crippen molar-refractivity contribution in [2.75, 3.05) is 0 Å². The molecule has 0 fully saturated rings.